The van der Waals surface area contributed by atoms with Crippen molar-refractivity contribution in [2.75, 3.05) is 6.54 Å². The van der Waals surface area contributed by atoms with Gasteiger partial charge in [-0.3, -0.25) is 4.79 Å². The Balaban J connectivity index is 1.85. The van der Waals surface area contributed by atoms with Crippen LogP contribution in [0.15, 0.2) is 88.2 Å². The van der Waals surface area contributed by atoms with E-state index in [1.54, 1.807) is 17.8 Å². The lowest BCUT2D eigenvalue weighted by molar-refractivity contribution is -0.128. The molecule has 2 nitrogen and oxygen atoms in total. The summed E-state index contributed by atoms with van der Waals surface area (Å²) < 4.78 is 0. The molecule has 0 saturated carbocycles. The van der Waals surface area contributed by atoms with Crippen molar-refractivity contribution < 1.29 is 4.79 Å². The summed E-state index contributed by atoms with van der Waals surface area (Å²) >= 11 is 1.80. The minimum Gasteiger partial charge on any atom is -0.328 e. The van der Waals surface area contributed by atoms with Crippen LogP contribution < -0.4 is 0 Å². The molecule has 0 fully saturated rings. The lowest BCUT2D eigenvalue weighted by Gasteiger charge is -2.32. The van der Waals surface area contributed by atoms with Gasteiger partial charge in [0.15, 0.2) is 0 Å². The summed E-state index contributed by atoms with van der Waals surface area (Å²) in [4.78, 5) is 16.9. The normalized spacial score (nSPS) is 17.5. The Hall–Kier alpha value is -2.26. The van der Waals surface area contributed by atoms with E-state index in [0.717, 1.165) is 6.42 Å². The number of rotatable bonds is 5. The van der Waals surface area contributed by atoms with E-state index in [0.29, 0.717) is 6.54 Å². The molecule has 0 saturated heterocycles. The Kier molecular flexibility index (Phi) is 5.77. The first-order chi connectivity index (χ1) is 12.2. The smallest absolute Gasteiger partial charge is 0.247 e. The maximum atomic E-state index is 12.4. The predicted octanol–water partition coefficient (Wildman–Crippen LogP) is 5.60. The van der Waals surface area contributed by atoms with Crippen LogP contribution in [0.1, 0.15) is 31.9 Å². The van der Waals surface area contributed by atoms with Gasteiger partial charge in [0.05, 0.1) is 6.04 Å². The van der Waals surface area contributed by atoms with Crippen LogP contribution in [0.3, 0.4) is 0 Å². The van der Waals surface area contributed by atoms with E-state index in [-0.39, 0.29) is 11.9 Å². The van der Waals surface area contributed by atoms with Crippen LogP contribution in [0.2, 0.25) is 0 Å². The van der Waals surface area contributed by atoms with Crippen LogP contribution in [0.25, 0.3) is 0 Å². The number of amides is 1. The first-order valence-electron chi connectivity index (χ1n) is 8.67. The lowest BCUT2D eigenvalue weighted by atomic mass is 10.0. The molecule has 0 aliphatic carbocycles. The molecule has 3 rings (SSSR count). The van der Waals surface area contributed by atoms with Crippen LogP contribution in [-0.2, 0) is 4.79 Å². The SMILES string of the molecule is CC/C(Sc1ccccc1)=C1/C=CC(=O)N(C(C)c2ccccc2)C1. The third-order valence-corrected chi connectivity index (χ3v) is 5.77. The number of benzene rings is 2. The summed E-state index contributed by atoms with van der Waals surface area (Å²) in [5.41, 5.74) is 2.40. The molecule has 25 heavy (non-hydrogen) atoms. The standard InChI is InChI=1S/C22H23NOS/c1-3-21(25-20-12-8-5-9-13-20)19-14-15-22(24)23(16-19)17(2)18-10-6-4-7-11-18/h4-15,17H,3,16H2,1-2H3/b21-19+. The molecule has 2 aromatic carbocycles. The fourth-order valence-electron chi connectivity index (χ4n) is 3.00. The first kappa shape index (κ1) is 17.6. The van der Waals surface area contributed by atoms with Crippen molar-refractivity contribution in [1.29, 1.82) is 0 Å². The summed E-state index contributed by atoms with van der Waals surface area (Å²) in [6, 6.07) is 20.7. The lowest BCUT2D eigenvalue weighted by Crippen LogP contribution is -2.36. The molecular weight excluding hydrogens is 326 g/mol. The highest BCUT2D eigenvalue weighted by molar-refractivity contribution is 8.03. The van der Waals surface area contributed by atoms with Crippen molar-refractivity contribution in [2.24, 2.45) is 0 Å². The van der Waals surface area contributed by atoms with E-state index >= 15 is 0 Å². The monoisotopic (exact) mass is 349 g/mol. The van der Waals surface area contributed by atoms with E-state index in [2.05, 4.69) is 50.2 Å². The third-order valence-electron chi connectivity index (χ3n) is 4.46. The molecule has 3 heteroatoms. The van der Waals surface area contributed by atoms with Gasteiger partial charge in [-0.05, 0) is 41.5 Å². The van der Waals surface area contributed by atoms with Gasteiger partial charge in [-0.2, -0.15) is 0 Å². The van der Waals surface area contributed by atoms with Crippen LogP contribution in [0.5, 0.6) is 0 Å². The fraction of sp³-hybridized carbons (Fsp3) is 0.227. The second-order valence-corrected chi connectivity index (χ2v) is 7.27. The largest absolute Gasteiger partial charge is 0.328 e. The highest BCUT2D eigenvalue weighted by Crippen LogP contribution is 2.34. The molecule has 1 unspecified atom stereocenters. The van der Waals surface area contributed by atoms with E-state index < -0.39 is 0 Å². The zero-order valence-electron chi connectivity index (χ0n) is 14.7. The minimum absolute atomic E-state index is 0.0634. The van der Waals surface area contributed by atoms with Gasteiger partial charge in [-0.1, -0.05) is 73.3 Å². The van der Waals surface area contributed by atoms with Crippen molar-refractivity contribution in [2.45, 2.75) is 31.2 Å². The van der Waals surface area contributed by atoms with E-state index in [1.165, 1.54) is 20.9 Å². The quantitative estimate of drug-likeness (QED) is 0.655. The van der Waals surface area contributed by atoms with E-state index in [1.807, 2.05) is 35.2 Å². The van der Waals surface area contributed by atoms with Crippen LogP contribution >= 0.6 is 11.8 Å². The molecule has 0 aromatic heterocycles. The molecule has 0 bridgehead atoms. The molecule has 0 radical (unpaired) electrons. The summed E-state index contributed by atoms with van der Waals surface area (Å²) in [7, 11) is 0. The average Bonchev–Trinajstić information content (AvgIpc) is 2.67. The number of hydrogen-bond acceptors (Lipinski definition) is 2. The number of allylic oxidation sites excluding steroid dienone is 1. The number of nitrogens with zero attached hydrogens (tertiary/aromatic N) is 1. The Morgan fingerprint density at radius 3 is 2.32 bits per heavy atom. The molecule has 1 heterocycles. The maximum absolute atomic E-state index is 12.4. The maximum Gasteiger partial charge on any atom is 0.247 e. The molecule has 1 amide bonds. The van der Waals surface area contributed by atoms with Crippen molar-refractivity contribution >= 4 is 17.7 Å². The third kappa shape index (κ3) is 4.23. The molecule has 2 aromatic rings. The van der Waals surface area contributed by atoms with Crippen LogP contribution in [0.4, 0.5) is 0 Å². The van der Waals surface area contributed by atoms with Gasteiger partial charge < -0.3 is 4.90 Å². The Morgan fingerprint density at radius 2 is 1.68 bits per heavy atom. The van der Waals surface area contributed by atoms with Crippen molar-refractivity contribution in [1.82, 2.24) is 4.90 Å². The van der Waals surface area contributed by atoms with Crippen molar-refractivity contribution in [3.05, 3.63) is 88.9 Å². The van der Waals surface area contributed by atoms with Gasteiger partial charge in [0.1, 0.15) is 0 Å². The van der Waals surface area contributed by atoms with Crippen LogP contribution in [0, 0.1) is 0 Å². The molecular formula is C22H23NOS. The number of carbonyl (C=O) groups is 1. The molecule has 1 atom stereocenters. The van der Waals surface area contributed by atoms with Gasteiger partial charge in [-0.25, -0.2) is 0 Å². The van der Waals surface area contributed by atoms with E-state index in [4.69, 9.17) is 0 Å². The van der Waals surface area contributed by atoms with Gasteiger partial charge in [-0.15, -0.1) is 0 Å². The van der Waals surface area contributed by atoms with Gasteiger partial charge in [0.25, 0.3) is 0 Å². The second kappa shape index (κ2) is 8.21. The first-order valence-corrected chi connectivity index (χ1v) is 9.49. The fourth-order valence-corrected chi connectivity index (χ4v) is 3.98. The molecule has 1 aliphatic heterocycles. The Labute approximate surface area is 154 Å². The highest BCUT2D eigenvalue weighted by atomic mass is 32.2. The highest BCUT2D eigenvalue weighted by Gasteiger charge is 2.24. The van der Waals surface area contributed by atoms with Gasteiger partial charge in [0.2, 0.25) is 5.91 Å². The van der Waals surface area contributed by atoms with Gasteiger partial charge >= 0.3 is 0 Å². The molecule has 1 aliphatic rings. The average molecular weight is 349 g/mol. The van der Waals surface area contributed by atoms with Crippen molar-refractivity contribution in [3.63, 3.8) is 0 Å². The number of hydrogen-bond donors (Lipinski definition) is 0. The topological polar surface area (TPSA) is 20.3 Å². The molecule has 0 spiro atoms. The predicted molar refractivity (Wildman–Crippen MR) is 105 cm³/mol. The summed E-state index contributed by atoms with van der Waals surface area (Å²) in [6.07, 6.45) is 4.66. The number of carbonyl (C=O) groups excluding carboxylic acids is 1. The number of thioether (sulfide) groups is 1. The Morgan fingerprint density at radius 1 is 1.04 bits per heavy atom. The zero-order chi connectivity index (χ0) is 17.6. The van der Waals surface area contributed by atoms with Gasteiger partial charge in [0, 0.05) is 17.5 Å². The summed E-state index contributed by atoms with van der Waals surface area (Å²) in [5.74, 6) is 0.0836. The molecule has 128 valence electrons. The molecule has 0 N–H and O–H groups in total. The Bertz CT molecular complexity index is 780. The minimum atomic E-state index is 0.0634. The summed E-state index contributed by atoms with van der Waals surface area (Å²) in [5, 5.41) is 0. The zero-order valence-corrected chi connectivity index (χ0v) is 15.5. The van der Waals surface area contributed by atoms with Crippen LogP contribution in [-0.4, -0.2) is 17.4 Å². The second-order valence-electron chi connectivity index (χ2n) is 6.10. The van der Waals surface area contributed by atoms with E-state index in [9.17, 15) is 4.79 Å². The summed E-state index contributed by atoms with van der Waals surface area (Å²) in [6.45, 7) is 4.93. The van der Waals surface area contributed by atoms with Crippen molar-refractivity contribution in [3.8, 4) is 0 Å².